The lowest BCUT2D eigenvalue weighted by Gasteiger charge is -2.34. The smallest absolute Gasteiger partial charge is 0.254 e. The molecule has 0 spiro atoms. The zero-order valence-corrected chi connectivity index (χ0v) is 17.5. The van der Waals surface area contributed by atoms with E-state index in [2.05, 4.69) is 30.4 Å². The number of hydrogen-bond acceptors (Lipinski definition) is 8. The Balaban J connectivity index is 1.42. The normalized spacial score (nSPS) is 14.2. The second kappa shape index (κ2) is 8.12. The van der Waals surface area contributed by atoms with E-state index in [1.165, 1.54) is 0 Å². The Morgan fingerprint density at radius 2 is 1.72 bits per heavy atom. The quantitative estimate of drug-likeness (QED) is 0.709. The molecule has 0 aliphatic carbocycles. The summed E-state index contributed by atoms with van der Waals surface area (Å²) in [6.07, 6.45) is 0. The van der Waals surface area contributed by atoms with Gasteiger partial charge in [0.05, 0.1) is 0 Å². The Morgan fingerprint density at radius 1 is 1.00 bits per heavy atom. The molecule has 0 bridgehead atoms. The highest BCUT2D eigenvalue weighted by atomic mass is 32.1. The van der Waals surface area contributed by atoms with E-state index in [0.717, 1.165) is 40.3 Å². The van der Waals surface area contributed by atoms with Crippen molar-refractivity contribution < 1.29 is 4.79 Å². The third kappa shape index (κ3) is 4.51. The molecule has 1 fully saturated rings. The molecule has 0 unspecified atom stereocenters. The van der Waals surface area contributed by atoms with Crippen molar-refractivity contribution >= 4 is 34.0 Å². The van der Waals surface area contributed by atoms with Crippen molar-refractivity contribution in [2.24, 2.45) is 0 Å². The molecule has 1 aliphatic rings. The molecule has 29 heavy (non-hydrogen) atoms. The summed E-state index contributed by atoms with van der Waals surface area (Å²) in [6.45, 7) is 8.66. The van der Waals surface area contributed by atoms with Crippen LogP contribution in [-0.4, -0.2) is 57.2 Å². The summed E-state index contributed by atoms with van der Waals surface area (Å²) < 4.78 is 0. The number of nitrogens with one attached hydrogen (secondary N) is 1. The van der Waals surface area contributed by atoms with E-state index in [0.29, 0.717) is 24.6 Å². The van der Waals surface area contributed by atoms with E-state index in [1.54, 1.807) is 11.3 Å². The third-order valence-electron chi connectivity index (χ3n) is 4.70. The lowest BCUT2D eigenvalue weighted by Crippen LogP contribution is -2.48. The van der Waals surface area contributed by atoms with Crippen molar-refractivity contribution in [3.8, 4) is 0 Å². The fourth-order valence-electron chi connectivity index (χ4n) is 3.34. The number of hydrogen-bond donors (Lipinski definition) is 1. The van der Waals surface area contributed by atoms with Crippen LogP contribution in [0.2, 0.25) is 0 Å². The number of nitrogens with zero attached hydrogens (tertiary/aromatic N) is 6. The molecule has 0 saturated carbocycles. The number of carbonyl (C=O) groups is 1. The van der Waals surface area contributed by atoms with E-state index < -0.39 is 0 Å². The molecule has 1 saturated heterocycles. The molecule has 3 aromatic rings. The average molecular weight is 410 g/mol. The molecule has 1 N–H and O–H groups in total. The van der Waals surface area contributed by atoms with Gasteiger partial charge in [-0.1, -0.05) is 17.4 Å². The van der Waals surface area contributed by atoms with Crippen molar-refractivity contribution in [2.75, 3.05) is 36.4 Å². The molecule has 4 rings (SSSR count). The van der Waals surface area contributed by atoms with Gasteiger partial charge in [0, 0.05) is 48.8 Å². The monoisotopic (exact) mass is 409 g/mol. The Kier molecular flexibility index (Phi) is 5.39. The SMILES string of the molecule is Cc1cc(C)nc(Nc2cccc(C(=O)N3CCN(c4nnc(C)s4)CC3)c2)n1. The topological polar surface area (TPSA) is 87.1 Å². The van der Waals surface area contributed by atoms with Gasteiger partial charge in [0.1, 0.15) is 5.01 Å². The van der Waals surface area contributed by atoms with Crippen LogP contribution in [-0.2, 0) is 0 Å². The summed E-state index contributed by atoms with van der Waals surface area (Å²) in [5.41, 5.74) is 3.25. The van der Waals surface area contributed by atoms with Gasteiger partial charge in [0.15, 0.2) is 0 Å². The van der Waals surface area contributed by atoms with Crippen LogP contribution in [0.25, 0.3) is 0 Å². The average Bonchev–Trinajstić information content (AvgIpc) is 3.13. The van der Waals surface area contributed by atoms with Crippen molar-refractivity contribution in [1.29, 1.82) is 0 Å². The summed E-state index contributed by atoms with van der Waals surface area (Å²) in [5, 5.41) is 13.4. The van der Waals surface area contributed by atoms with Crippen LogP contribution < -0.4 is 10.2 Å². The van der Waals surface area contributed by atoms with E-state index in [-0.39, 0.29) is 5.91 Å². The molecule has 0 atom stereocenters. The predicted molar refractivity (Wildman–Crippen MR) is 114 cm³/mol. The van der Waals surface area contributed by atoms with Crippen molar-refractivity contribution in [1.82, 2.24) is 25.1 Å². The fraction of sp³-hybridized carbons (Fsp3) is 0.350. The molecule has 1 amide bonds. The number of piperazine rings is 1. The van der Waals surface area contributed by atoms with Crippen LogP contribution in [0.4, 0.5) is 16.8 Å². The number of amides is 1. The van der Waals surface area contributed by atoms with E-state index in [9.17, 15) is 4.79 Å². The molecule has 8 nitrogen and oxygen atoms in total. The minimum Gasteiger partial charge on any atom is -0.343 e. The summed E-state index contributed by atoms with van der Waals surface area (Å²) in [7, 11) is 0. The van der Waals surface area contributed by atoms with Gasteiger partial charge in [-0.3, -0.25) is 4.79 Å². The highest BCUT2D eigenvalue weighted by Crippen LogP contribution is 2.22. The summed E-state index contributed by atoms with van der Waals surface area (Å²) in [4.78, 5) is 25.9. The van der Waals surface area contributed by atoms with Gasteiger partial charge in [-0.05, 0) is 45.0 Å². The van der Waals surface area contributed by atoms with E-state index in [1.807, 2.05) is 56.0 Å². The lowest BCUT2D eigenvalue weighted by atomic mass is 10.1. The van der Waals surface area contributed by atoms with Gasteiger partial charge in [-0.2, -0.15) is 0 Å². The standard InChI is InChI=1S/C20H23N7OS/c1-13-11-14(2)22-19(21-13)23-17-6-4-5-16(12-17)18(28)26-7-9-27(10-8-26)20-25-24-15(3)29-20/h4-6,11-12H,7-10H2,1-3H3,(H,21,22,23). The van der Waals surface area contributed by atoms with Gasteiger partial charge >= 0.3 is 0 Å². The number of benzene rings is 1. The predicted octanol–water partition coefficient (Wildman–Crippen LogP) is 2.96. The molecular weight excluding hydrogens is 386 g/mol. The Morgan fingerprint density at radius 3 is 2.38 bits per heavy atom. The zero-order chi connectivity index (χ0) is 20.4. The maximum atomic E-state index is 13.0. The second-order valence-electron chi connectivity index (χ2n) is 7.06. The van der Waals surface area contributed by atoms with Crippen LogP contribution in [0.3, 0.4) is 0 Å². The second-order valence-corrected chi connectivity index (χ2v) is 8.22. The third-order valence-corrected chi connectivity index (χ3v) is 5.60. The highest BCUT2D eigenvalue weighted by molar-refractivity contribution is 7.15. The van der Waals surface area contributed by atoms with Gasteiger partial charge in [0.25, 0.3) is 5.91 Å². The Bertz CT molecular complexity index is 1010. The molecule has 1 aliphatic heterocycles. The number of rotatable bonds is 4. The van der Waals surface area contributed by atoms with Crippen molar-refractivity contribution in [3.63, 3.8) is 0 Å². The van der Waals surface area contributed by atoms with Gasteiger partial charge in [0.2, 0.25) is 11.1 Å². The number of carbonyl (C=O) groups excluding carboxylic acids is 1. The van der Waals surface area contributed by atoms with Crippen LogP contribution in [0.5, 0.6) is 0 Å². The first-order valence-corrected chi connectivity index (χ1v) is 10.3. The maximum Gasteiger partial charge on any atom is 0.254 e. The lowest BCUT2D eigenvalue weighted by molar-refractivity contribution is 0.0747. The molecule has 150 valence electrons. The molecule has 9 heteroatoms. The Hall–Kier alpha value is -3.07. The molecule has 0 radical (unpaired) electrons. The van der Waals surface area contributed by atoms with E-state index >= 15 is 0 Å². The zero-order valence-electron chi connectivity index (χ0n) is 16.7. The summed E-state index contributed by atoms with van der Waals surface area (Å²) in [5.74, 6) is 0.566. The van der Waals surface area contributed by atoms with E-state index in [4.69, 9.17) is 0 Å². The first-order chi connectivity index (χ1) is 14.0. The maximum absolute atomic E-state index is 13.0. The first kappa shape index (κ1) is 19.3. The van der Waals surface area contributed by atoms with Gasteiger partial charge in [-0.15, -0.1) is 10.2 Å². The molecule has 3 heterocycles. The first-order valence-electron chi connectivity index (χ1n) is 9.51. The van der Waals surface area contributed by atoms with Crippen LogP contribution in [0.15, 0.2) is 30.3 Å². The molecular formula is C20H23N7OS. The summed E-state index contributed by atoms with van der Waals surface area (Å²) >= 11 is 1.59. The van der Waals surface area contributed by atoms with Crippen molar-refractivity contribution in [3.05, 3.63) is 52.3 Å². The minimum absolute atomic E-state index is 0.0306. The Labute approximate surface area is 173 Å². The fourth-order valence-corrected chi connectivity index (χ4v) is 4.08. The van der Waals surface area contributed by atoms with Crippen LogP contribution >= 0.6 is 11.3 Å². The highest BCUT2D eigenvalue weighted by Gasteiger charge is 2.24. The summed E-state index contributed by atoms with van der Waals surface area (Å²) in [6, 6.07) is 9.40. The van der Waals surface area contributed by atoms with Crippen LogP contribution in [0, 0.1) is 20.8 Å². The molecule has 2 aromatic heterocycles. The molecule has 1 aromatic carbocycles. The number of aromatic nitrogens is 4. The largest absolute Gasteiger partial charge is 0.343 e. The van der Waals surface area contributed by atoms with Crippen molar-refractivity contribution in [2.45, 2.75) is 20.8 Å². The van der Waals surface area contributed by atoms with Gasteiger partial charge < -0.3 is 15.1 Å². The number of aryl methyl sites for hydroxylation is 3. The number of anilines is 3. The van der Waals surface area contributed by atoms with Crippen LogP contribution in [0.1, 0.15) is 26.8 Å². The van der Waals surface area contributed by atoms with Gasteiger partial charge in [-0.25, -0.2) is 9.97 Å². The minimum atomic E-state index is 0.0306.